The molecule has 64 valence electrons. The minimum Gasteiger partial charge on any atom is -0.417 e. The van der Waals surface area contributed by atoms with Crippen molar-refractivity contribution in [2.45, 2.75) is 0 Å². The van der Waals surface area contributed by atoms with Crippen molar-refractivity contribution < 1.29 is 22.9 Å². The zero-order chi connectivity index (χ0) is 8.74. The molecule has 0 fully saturated rings. The fraction of sp³-hybridized carbons (Fsp3) is 0.600. The standard InChI is InChI=1S/C5H9O5P/c1-4-9-5-10-11(6,7-2)8-3/h1H,5H2,2-3H3. The van der Waals surface area contributed by atoms with E-state index in [2.05, 4.69) is 18.3 Å². The fourth-order valence-corrected chi connectivity index (χ4v) is 0.847. The lowest BCUT2D eigenvalue weighted by Gasteiger charge is -2.11. The Balaban J connectivity index is 3.72. The predicted octanol–water partition coefficient (Wildman–Crippen LogP) is 0.969. The van der Waals surface area contributed by atoms with Crippen LogP contribution in [0.15, 0.2) is 0 Å². The molecule has 0 spiro atoms. The molecule has 0 saturated heterocycles. The van der Waals surface area contributed by atoms with Crippen LogP contribution in [0, 0.1) is 12.5 Å². The molecule has 0 aliphatic heterocycles. The van der Waals surface area contributed by atoms with Crippen molar-refractivity contribution in [1.29, 1.82) is 0 Å². The summed E-state index contributed by atoms with van der Waals surface area (Å²) in [5, 5.41) is 0. The van der Waals surface area contributed by atoms with E-state index in [1.807, 2.05) is 6.11 Å². The third-order valence-corrected chi connectivity index (χ3v) is 2.12. The van der Waals surface area contributed by atoms with E-state index in [9.17, 15) is 4.57 Å². The number of phosphoric acid groups is 1. The Bertz CT molecular complexity index is 176. The molecule has 0 unspecified atom stereocenters. The number of phosphoric ester groups is 1. The van der Waals surface area contributed by atoms with Crippen LogP contribution in [0.5, 0.6) is 0 Å². The van der Waals surface area contributed by atoms with E-state index in [1.165, 1.54) is 14.2 Å². The number of hydrogen-bond acceptors (Lipinski definition) is 5. The largest absolute Gasteiger partial charge is 0.477 e. The van der Waals surface area contributed by atoms with E-state index < -0.39 is 7.82 Å². The van der Waals surface area contributed by atoms with E-state index >= 15 is 0 Å². The van der Waals surface area contributed by atoms with Crippen molar-refractivity contribution in [2.75, 3.05) is 21.0 Å². The smallest absolute Gasteiger partial charge is 0.417 e. The van der Waals surface area contributed by atoms with E-state index in [4.69, 9.17) is 6.42 Å². The second-order valence-corrected chi connectivity index (χ2v) is 3.20. The zero-order valence-electron chi connectivity index (χ0n) is 6.27. The number of terminal acetylenes is 1. The summed E-state index contributed by atoms with van der Waals surface area (Å²) < 4.78 is 28.6. The molecule has 0 saturated carbocycles. The van der Waals surface area contributed by atoms with Crippen molar-refractivity contribution in [2.24, 2.45) is 0 Å². The minimum atomic E-state index is -3.43. The maximum Gasteiger partial charge on any atom is 0.477 e. The second-order valence-electron chi connectivity index (χ2n) is 1.32. The lowest BCUT2D eigenvalue weighted by Crippen LogP contribution is -1.97. The van der Waals surface area contributed by atoms with Gasteiger partial charge in [0, 0.05) is 14.2 Å². The van der Waals surface area contributed by atoms with Crippen molar-refractivity contribution in [1.82, 2.24) is 0 Å². The first-order chi connectivity index (χ1) is 5.18. The molecular weight excluding hydrogens is 171 g/mol. The van der Waals surface area contributed by atoms with Crippen LogP contribution in [0.1, 0.15) is 0 Å². The maximum atomic E-state index is 11.0. The zero-order valence-corrected chi connectivity index (χ0v) is 7.17. The molecule has 0 amide bonds. The van der Waals surface area contributed by atoms with Crippen LogP contribution in [-0.2, 0) is 22.9 Å². The molecular formula is C5H9O5P. The van der Waals surface area contributed by atoms with Crippen LogP contribution < -0.4 is 0 Å². The molecule has 0 aromatic rings. The SMILES string of the molecule is C#COCOP(=O)(OC)OC. The molecule has 0 aromatic carbocycles. The summed E-state index contributed by atoms with van der Waals surface area (Å²) in [6, 6.07) is 0. The monoisotopic (exact) mass is 180 g/mol. The molecule has 0 rings (SSSR count). The van der Waals surface area contributed by atoms with Crippen LogP contribution in [0.3, 0.4) is 0 Å². The normalized spacial score (nSPS) is 10.6. The Morgan fingerprint density at radius 2 is 2.00 bits per heavy atom. The molecule has 5 nitrogen and oxygen atoms in total. The molecule has 11 heavy (non-hydrogen) atoms. The van der Waals surface area contributed by atoms with E-state index in [0.717, 1.165) is 0 Å². The first-order valence-corrected chi connectivity index (χ1v) is 4.08. The third-order valence-electron chi connectivity index (χ3n) is 0.800. The molecule has 0 heterocycles. The average Bonchev–Trinajstić information content (AvgIpc) is 2.05. The van der Waals surface area contributed by atoms with Crippen molar-refractivity contribution in [3.8, 4) is 12.5 Å². The van der Waals surface area contributed by atoms with Gasteiger partial charge in [-0.05, 0) is 0 Å². The van der Waals surface area contributed by atoms with Gasteiger partial charge >= 0.3 is 7.82 Å². The molecule has 0 aromatic heterocycles. The third kappa shape index (κ3) is 4.02. The molecule has 0 atom stereocenters. The van der Waals surface area contributed by atoms with Crippen LogP contribution >= 0.6 is 7.82 Å². The Kier molecular flexibility index (Phi) is 4.92. The van der Waals surface area contributed by atoms with Gasteiger partial charge in [-0.25, -0.2) is 9.09 Å². The number of rotatable bonds is 5. The Labute approximate surface area is 65.2 Å². The van der Waals surface area contributed by atoms with Gasteiger partial charge in [-0.1, -0.05) is 6.42 Å². The molecule has 6 heteroatoms. The first-order valence-electron chi connectivity index (χ1n) is 2.62. The van der Waals surface area contributed by atoms with Gasteiger partial charge in [0.15, 0.2) is 0 Å². The number of ether oxygens (including phenoxy) is 1. The average molecular weight is 180 g/mol. The van der Waals surface area contributed by atoms with Crippen LogP contribution in [0.25, 0.3) is 0 Å². The topological polar surface area (TPSA) is 54.0 Å². The highest BCUT2D eigenvalue weighted by atomic mass is 31.2. The van der Waals surface area contributed by atoms with Gasteiger partial charge in [0.1, 0.15) is 6.11 Å². The lowest BCUT2D eigenvalue weighted by atomic mass is 11.2. The van der Waals surface area contributed by atoms with Crippen molar-refractivity contribution in [3.05, 3.63) is 0 Å². The Morgan fingerprint density at radius 1 is 1.45 bits per heavy atom. The first kappa shape index (κ1) is 10.5. The van der Waals surface area contributed by atoms with Crippen LogP contribution in [0.2, 0.25) is 0 Å². The predicted molar refractivity (Wildman–Crippen MR) is 37.5 cm³/mol. The van der Waals surface area contributed by atoms with Gasteiger partial charge in [-0.2, -0.15) is 0 Å². The molecule has 0 N–H and O–H groups in total. The van der Waals surface area contributed by atoms with E-state index in [-0.39, 0.29) is 6.79 Å². The van der Waals surface area contributed by atoms with Crippen LogP contribution in [0.4, 0.5) is 0 Å². The highest BCUT2D eigenvalue weighted by Gasteiger charge is 2.22. The highest BCUT2D eigenvalue weighted by molar-refractivity contribution is 7.48. The maximum absolute atomic E-state index is 11.0. The molecule has 0 aliphatic rings. The minimum absolute atomic E-state index is 0.324. The summed E-state index contributed by atoms with van der Waals surface area (Å²) in [5.74, 6) is 0. The summed E-state index contributed by atoms with van der Waals surface area (Å²) in [6.07, 6.45) is 6.55. The van der Waals surface area contributed by atoms with Gasteiger partial charge in [-0.15, -0.1) is 0 Å². The van der Waals surface area contributed by atoms with Gasteiger partial charge in [-0.3, -0.25) is 9.05 Å². The summed E-state index contributed by atoms with van der Waals surface area (Å²) in [4.78, 5) is 0. The van der Waals surface area contributed by atoms with Gasteiger partial charge in [0.05, 0.1) is 0 Å². The summed E-state index contributed by atoms with van der Waals surface area (Å²) in [7, 11) is -1.04. The molecule has 0 radical (unpaired) electrons. The van der Waals surface area contributed by atoms with Gasteiger partial charge in [0.25, 0.3) is 0 Å². The lowest BCUT2D eigenvalue weighted by molar-refractivity contribution is 0.0504. The summed E-state index contributed by atoms with van der Waals surface area (Å²) in [6.45, 7) is -0.324. The van der Waals surface area contributed by atoms with Crippen LogP contribution in [-0.4, -0.2) is 21.0 Å². The number of hydrogen-bond donors (Lipinski definition) is 0. The Hall–Kier alpha value is -0.530. The fourth-order valence-electron chi connectivity index (χ4n) is 0.305. The van der Waals surface area contributed by atoms with Gasteiger partial charge < -0.3 is 4.74 Å². The second kappa shape index (κ2) is 5.16. The van der Waals surface area contributed by atoms with Crippen molar-refractivity contribution in [3.63, 3.8) is 0 Å². The van der Waals surface area contributed by atoms with Gasteiger partial charge in [0.2, 0.25) is 6.79 Å². The highest BCUT2D eigenvalue weighted by Crippen LogP contribution is 2.47. The van der Waals surface area contributed by atoms with E-state index in [0.29, 0.717) is 0 Å². The van der Waals surface area contributed by atoms with Crippen molar-refractivity contribution >= 4 is 7.82 Å². The quantitative estimate of drug-likeness (QED) is 0.273. The summed E-state index contributed by atoms with van der Waals surface area (Å²) >= 11 is 0. The molecule has 0 bridgehead atoms. The summed E-state index contributed by atoms with van der Waals surface area (Å²) in [5.41, 5.74) is 0. The van der Waals surface area contributed by atoms with E-state index in [1.54, 1.807) is 0 Å². The Morgan fingerprint density at radius 3 is 2.36 bits per heavy atom. The molecule has 0 aliphatic carbocycles.